The molecule has 0 radical (unpaired) electrons. The Morgan fingerprint density at radius 1 is 1.10 bits per heavy atom. The standard InChI is InChI=1S/C32H50N4O4S/c1-7-11-30(32(38)34-21-23(2)3)33-22-28-18-25-15-10-14-24(16-25)12-8-9-13-26-17-27(31(37)35-28)20-29(19-26)36(4)41(5,6,39)40/h10,14-17,19-20,23,28,30,33H,7-9,11-13,18,21-22H2,1-6H3,(H,34,38)(H,35,37)(H,39,40)/t28-,30-/m0/s1. The van der Waals surface area contributed by atoms with E-state index in [2.05, 4.69) is 61.0 Å². The fourth-order valence-corrected chi connectivity index (χ4v) is 5.76. The molecule has 2 aromatic carbocycles. The average molecular weight is 587 g/mol. The minimum absolute atomic E-state index is 0.0171. The highest BCUT2D eigenvalue weighted by Crippen LogP contribution is 2.29. The van der Waals surface area contributed by atoms with Gasteiger partial charge in [-0.3, -0.25) is 18.4 Å². The summed E-state index contributed by atoms with van der Waals surface area (Å²) in [6, 6.07) is 13.4. The van der Waals surface area contributed by atoms with Crippen molar-refractivity contribution in [2.75, 3.05) is 37.0 Å². The van der Waals surface area contributed by atoms with Crippen LogP contribution in [0.4, 0.5) is 5.69 Å². The molecule has 1 aliphatic heterocycles. The van der Waals surface area contributed by atoms with E-state index in [1.54, 1.807) is 13.1 Å². The van der Waals surface area contributed by atoms with Gasteiger partial charge in [-0.05, 0) is 79.3 Å². The van der Waals surface area contributed by atoms with Crippen molar-refractivity contribution in [3.63, 3.8) is 0 Å². The van der Waals surface area contributed by atoms with E-state index in [1.807, 2.05) is 12.1 Å². The van der Waals surface area contributed by atoms with E-state index < -0.39 is 9.53 Å². The summed E-state index contributed by atoms with van der Waals surface area (Å²) in [7, 11) is -2.47. The molecular formula is C32H50N4O4S. The van der Waals surface area contributed by atoms with Crippen LogP contribution in [0.15, 0.2) is 42.5 Å². The summed E-state index contributed by atoms with van der Waals surface area (Å²) >= 11 is 0. The summed E-state index contributed by atoms with van der Waals surface area (Å²) in [4.78, 5) is 26.6. The molecule has 0 fully saturated rings. The molecule has 0 saturated heterocycles. The molecular weight excluding hydrogens is 536 g/mol. The Labute approximate surface area is 246 Å². The lowest BCUT2D eigenvalue weighted by Crippen LogP contribution is -2.51. The molecule has 2 amide bonds. The summed E-state index contributed by atoms with van der Waals surface area (Å²) in [6.07, 6.45) is 8.47. The van der Waals surface area contributed by atoms with Crippen molar-refractivity contribution in [3.8, 4) is 0 Å². The van der Waals surface area contributed by atoms with Gasteiger partial charge in [-0.1, -0.05) is 51.5 Å². The van der Waals surface area contributed by atoms with Crippen LogP contribution in [-0.2, 0) is 33.6 Å². The van der Waals surface area contributed by atoms with Crippen LogP contribution in [0.1, 0.15) is 73.5 Å². The van der Waals surface area contributed by atoms with Gasteiger partial charge < -0.3 is 16.0 Å². The van der Waals surface area contributed by atoms with Gasteiger partial charge >= 0.3 is 0 Å². The third-order valence-corrected chi connectivity index (χ3v) is 9.34. The number of nitrogens with zero attached hydrogens (tertiary/aromatic N) is 1. The van der Waals surface area contributed by atoms with Crippen LogP contribution in [-0.4, -0.2) is 65.3 Å². The molecule has 3 rings (SSSR count). The fourth-order valence-electron chi connectivity index (χ4n) is 5.06. The van der Waals surface area contributed by atoms with Gasteiger partial charge in [0, 0.05) is 44.3 Å². The molecule has 4 N–H and O–H groups in total. The van der Waals surface area contributed by atoms with Crippen molar-refractivity contribution in [1.29, 1.82) is 0 Å². The van der Waals surface area contributed by atoms with Gasteiger partial charge in [0.05, 0.1) is 11.7 Å². The monoisotopic (exact) mass is 586 g/mol. The topological polar surface area (TPSA) is 111 Å². The minimum atomic E-state index is -4.06. The molecule has 9 heteroatoms. The second-order valence-electron chi connectivity index (χ2n) is 12.4. The summed E-state index contributed by atoms with van der Waals surface area (Å²) in [5.41, 5.74) is 4.35. The largest absolute Gasteiger partial charge is 0.354 e. The van der Waals surface area contributed by atoms with Crippen LogP contribution in [0.5, 0.6) is 0 Å². The summed E-state index contributed by atoms with van der Waals surface area (Å²) in [5, 5.41) is 9.68. The van der Waals surface area contributed by atoms with E-state index in [1.165, 1.54) is 22.4 Å². The van der Waals surface area contributed by atoms with Crippen molar-refractivity contribution in [3.05, 3.63) is 64.7 Å². The molecule has 41 heavy (non-hydrogen) atoms. The zero-order valence-electron chi connectivity index (χ0n) is 25.7. The summed E-state index contributed by atoms with van der Waals surface area (Å²) < 4.78 is 25.0. The van der Waals surface area contributed by atoms with Gasteiger partial charge in [0.2, 0.25) is 5.91 Å². The van der Waals surface area contributed by atoms with Gasteiger partial charge in [0.15, 0.2) is 0 Å². The maximum atomic E-state index is 13.7. The number of benzene rings is 2. The molecule has 2 aromatic rings. The maximum Gasteiger partial charge on any atom is 0.251 e. The van der Waals surface area contributed by atoms with E-state index in [0.717, 1.165) is 43.2 Å². The van der Waals surface area contributed by atoms with Crippen molar-refractivity contribution < 1.29 is 18.4 Å². The third kappa shape index (κ3) is 10.2. The Hall–Kier alpha value is -2.75. The first-order valence-electron chi connectivity index (χ1n) is 14.9. The smallest absolute Gasteiger partial charge is 0.251 e. The zero-order valence-corrected chi connectivity index (χ0v) is 26.5. The highest BCUT2D eigenvalue weighted by Gasteiger charge is 2.24. The number of rotatable bonds is 10. The SMILES string of the molecule is CCC[C@H](NC[C@@H]1Cc2cccc(c2)CCCCc2cc(cc(N(C)S(C)(C)(=O)O)c2)C(=O)N1)C(=O)NCC(C)C. The molecule has 2 atom stereocenters. The molecule has 0 unspecified atom stereocenters. The number of hydrogen-bond donors (Lipinski definition) is 4. The quantitative estimate of drug-likeness (QED) is 0.331. The van der Waals surface area contributed by atoms with Crippen LogP contribution in [0, 0.1) is 5.92 Å². The summed E-state index contributed by atoms with van der Waals surface area (Å²) in [6.45, 7) is 7.25. The number of aryl methyl sites for hydroxylation is 2. The molecule has 4 bridgehead atoms. The Morgan fingerprint density at radius 3 is 2.44 bits per heavy atom. The van der Waals surface area contributed by atoms with Gasteiger partial charge in [-0.25, -0.2) is 0 Å². The second kappa shape index (κ2) is 13.9. The molecule has 1 heterocycles. The van der Waals surface area contributed by atoms with Crippen molar-refractivity contribution in [2.24, 2.45) is 5.92 Å². The number of carbonyl (C=O) groups excluding carboxylic acids is 2. The lowest BCUT2D eigenvalue weighted by molar-refractivity contribution is -0.123. The van der Waals surface area contributed by atoms with Crippen LogP contribution >= 0.6 is 0 Å². The van der Waals surface area contributed by atoms with E-state index in [4.69, 9.17) is 0 Å². The van der Waals surface area contributed by atoms with Gasteiger partial charge in [-0.15, -0.1) is 9.53 Å². The normalized spacial score (nSPS) is 18.0. The highest BCUT2D eigenvalue weighted by atomic mass is 32.3. The predicted octanol–water partition coefficient (Wildman–Crippen LogP) is 4.34. The molecule has 0 aliphatic carbocycles. The third-order valence-electron chi connectivity index (χ3n) is 7.56. The fraction of sp³-hybridized carbons (Fsp3) is 0.562. The Bertz CT molecular complexity index is 1260. The minimum Gasteiger partial charge on any atom is -0.354 e. The molecule has 8 nitrogen and oxygen atoms in total. The number of carbonyl (C=O) groups is 2. The highest BCUT2D eigenvalue weighted by molar-refractivity contribution is 8.15. The Balaban J connectivity index is 1.92. The zero-order chi connectivity index (χ0) is 30.2. The van der Waals surface area contributed by atoms with Gasteiger partial charge in [0.25, 0.3) is 5.91 Å². The Morgan fingerprint density at radius 2 is 1.78 bits per heavy atom. The lowest BCUT2D eigenvalue weighted by Gasteiger charge is -2.44. The van der Waals surface area contributed by atoms with E-state index >= 15 is 0 Å². The first-order valence-corrected chi connectivity index (χ1v) is 17.6. The molecule has 0 saturated carbocycles. The molecule has 1 aliphatic rings. The van der Waals surface area contributed by atoms with Crippen LogP contribution < -0.4 is 20.3 Å². The van der Waals surface area contributed by atoms with Crippen LogP contribution in [0.2, 0.25) is 0 Å². The maximum absolute atomic E-state index is 13.7. The van der Waals surface area contributed by atoms with Crippen molar-refractivity contribution in [1.82, 2.24) is 16.0 Å². The molecule has 0 spiro atoms. The number of amides is 2. The van der Waals surface area contributed by atoms with E-state index in [-0.39, 0.29) is 23.9 Å². The lowest BCUT2D eigenvalue weighted by atomic mass is 9.97. The first kappa shape index (κ1) is 32.8. The second-order valence-corrected chi connectivity index (χ2v) is 16.3. The first-order chi connectivity index (χ1) is 19.2. The Kier molecular flexibility index (Phi) is 11.1. The van der Waals surface area contributed by atoms with Gasteiger partial charge in [0.1, 0.15) is 0 Å². The summed E-state index contributed by atoms with van der Waals surface area (Å²) in [5.74, 6) is 0.102. The number of hydrogen-bond acceptors (Lipinski definition) is 4. The van der Waals surface area contributed by atoms with Crippen molar-refractivity contribution >= 4 is 27.0 Å². The van der Waals surface area contributed by atoms with Crippen molar-refractivity contribution in [2.45, 2.75) is 77.8 Å². The van der Waals surface area contributed by atoms with E-state index in [0.29, 0.717) is 43.1 Å². The van der Waals surface area contributed by atoms with Gasteiger partial charge in [-0.2, -0.15) is 4.21 Å². The van der Waals surface area contributed by atoms with Crippen LogP contribution in [0.25, 0.3) is 0 Å². The van der Waals surface area contributed by atoms with Crippen LogP contribution in [0.3, 0.4) is 0 Å². The number of anilines is 1. The number of nitrogens with one attached hydrogen (secondary N) is 3. The predicted molar refractivity (Wildman–Crippen MR) is 170 cm³/mol. The number of fused-ring (bicyclic) bond motifs is 4. The molecule has 0 aromatic heterocycles. The van der Waals surface area contributed by atoms with E-state index in [9.17, 15) is 18.4 Å². The average Bonchev–Trinajstić information content (AvgIpc) is 2.90. The molecule has 228 valence electrons.